The van der Waals surface area contributed by atoms with Gasteiger partial charge in [-0.3, -0.25) is 4.79 Å². The molecule has 0 aliphatic rings. The molecule has 2 aromatic carbocycles. The average Bonchev–Trinajstić information content (AvgIpc) is 2.54. The van der Waals surface area contributed by atoms with Gasteiger partial charge in [-0.05, 0) is 34.8 Å². The number of hydrogen-bond acceptors (Lipinski definition) is 3. The third kappa shape index (κ3) is 4.22. The Bertz CT molecular complexity index is 702. The second-order valence-corrected chi connectivity index (χ2v) is 6.43. The van der Waals surface area contributed by atoms with E-state index >= 15 is 0 Å². The summed E-state index contributed by atoms with van der Waals surface area (Å²) >= 11 is 0. The van der Waals surface area contributed by atoms with E-state index in [0.717, 1.165) is 11.6 Å². The second kappa shape index (κ2) is 6.69. The maximum Gasteiger partial charge on any atom is 0.185 e. The van der Waals surface area contributed by atoms with Crippen LogP contribution in [0.25, 0.3) is 5.76 Å². The van der Waals surface area contributed by atoms with Gasteiger partial charge in [-0.2, -0.15) is 0 Å². The number of benzene rings is 2. The first kappa shape index (κ1) is 16.8. The maximum absolute atomic E-state index is 12.2. The van der Waals surface area contributed by atoms with E-state index in [1.807, 2.05) is 12.1 Å². The highest BCUT2D eigenvalue weighted by Gasteiger charge is 2.13. The molecule has 2 rings (SSSR count). The smallest absolute Gasteiger partial charge is 0.185 e. The van der Waals surface area contributed by atoms with Gasteiger partial charge >= 0.3 is 0 Å². The highest BCUT2D eigenvalue weighted by Crippen LogP contribution is 2.22. The lowest BCUT2D eigenvalue weighted by atomic mass is 9.86. The molecule has 0 aliphatic heterocycles. The lowest BCUT2D eigenvalue weighted by molar-refractivity contribution is -0.243. The van der Waals surface area contributed by atoms with E-state index in [9.17, 15) is 9.90 Å². The molecular formula is C20H21O3-. The molecule has 0 heterocycles. The number of ketones is 1. The van der Waals surface area contributed by atoms with Crippen LogP contribution in [0.15, 0.2) is 54.6 Å². The van der Waals surface area contributed by atoms with Crippen molar-refractivity contribution in [2.24, 2.45) is 0 Å². The second-order valence-electron chi connectivity index (χ2n) is 6.43. The predicted octanol–water partition coefficient (Wildman–Crippen LogP) is 3.58. The molecule has 0 bridgehead atoms. The molecule has 0 radical (unpaired) electrons. The van der Waals surface area contributed by atoms with Crippen molar-refractivity contribution in [3.63, 3.8) is 0 Å². The lowest BCUT2D eigenvalue weighted by Gasteiger charge is -2.19. The average molecular weight is 309 g/mol. The number of rotatable bonds is 4. The Balaban J connectivity index is 2.19. The minimum atomic E-state index is -0.308. The molecule has 0 fully saturated rings. The summed E-state index contributed by atoms with van der Waals surface area (Å²) in [5.74, 6) is 0.0782. The molecule has 23 heavy (non-hydrogen) atoms. The van der Waals surface area contributed by atoms with E-state index in [1.54, 1.807) is 43.5 Å². The third-order valence-electron chi connectivity index (χ3n) is 3.67. The number of ether oxygens (including phenoxy) is 1. The minimum absolute atomic E-state index is 0.0320. The van der Waals surface area contributed by atoms with Gasteiger partial charge in [0.2, 0.25) is 0 Å². The van der Waals surface area contributed by atoms with E-state index in [0.29, 0.717) is 16.9 Å². The Morgan fingerprint density at radius 1 is 0.957 bits per heavy atom. The summed E-state index contributed by atoms with van der Waals surface area (Å²) < 4.78 is 5.05. The summed E-state index contributed by atoms with van der Waals surface area (Å²) in [6.45, 7) is 6.34. The molecule has 0 aromatic heterocycles. The van der Waals surface area contributed by atoms with Gasteiger partial charge in [0.05, 0.1) is 7.11 Å². The highest BCUT2D eigenvalue weighted by atomic mass is 16.5. The van der Waals surface area contributed by atoms with Gasteiger partial charge in [0.15, 0.2) is 5.78 Å². The fourth-order valence-corrected chi connectivity index (χ4v) is 2.18. The van der Waals surface area contributed by atoms with E-state index in [2.05, 4.69) is 20.8 Å². The van der Waals surface area contributed by atoms with Crippen LogP contribution in [0.2, 0.25) is 0 Å². The minimum Gasteiger partial charge on any atom is -0.872 e. The van der Waals surface area contributed by atoms with Crippen molar-refractivity contribution in [3.8, 4) is 5.75 Å². The van der Waals surface area contributed by atoms with Gasteiger partial charge in [-0.25, -0.2) is 0 Å². The van der Waals surface area contributed by atoms with Crippen molar-refractivity contribution in [1.82, 2.24) is 0 Å². The lowest BCUT2D eigenvalue weighted by Crippen LogP contribution is -2.11. The first-order valence-electron chi connectivity index (χ1n) is 7.49. The fraction of sp³-hybridized carbons (Fsp3) is 0.250. The van der Waals surface area contributed by atoms with Crippen molar-refractivity contribution in [1.29, 1.82) is 0 Å². The summed E-state index contributed by atoms with van der Waals surface area (Å²) in [5, 5.41) is 12.1. The van der Waals surface area contributed by atoms with Crippen LogP contribution < -0.4 is 9.84 Å². The van der Waals surface area contributed by atoms with Gasteiger partial charge in [0.25, 0.3) is 0 Å². The highest BCUT2D eigenvalue weighted by molar-refractivity contribution is 6.07. The number of carbonyl (C=O) groups excluding carboxylic acids is 1. The molecule has 120 valence electrons. The molecule has 3 heteroatoms. The maximum atomic E-state index is 12.2. The van der Waals surface area contributed by atoms with Crippen molar-refractivity contribution in [3.05, 3.63) is 71.3 Å². The van der Waals surface area contributed by atoms with Crippen molar-refractivity contribution >= 4 is 11.5 Å². The van der Waals surface area contributed by atoms with Gasteiger partial charge in [0, 0.05) is 5.56 Å². The van der Waals surface area contributed by atoms with Crippen LogP contribution >= 0.6 is 0 Å². The van der Waals surface area contributed by atoms with Crippen LogP contribution in [0.4, 0.5) is 0 Å². The van der Waals surface area contributed by atoms with Gasteiger partial charge in [-0.1, -0.05) is 62.9 Å². The molecule has 0 atom stereocenters. The van der Waals surface area contributed by atoms with Gasteiger partial charge < -0.3 is 9.84 Å². The van der Waals surface area contributed by atoms with Crippen LogP contribution in [-0.2, 0) is 5.41 Å². The first-order chi connectivity index (χ1) is 10.8. The molecule has 2 aromatic rings. The normalized spacial score (nSPS) is 12.1. The predicted molar refractivity (Wildman–Crippen MR) is 90.4 cm³/mol. The molecule has 0 aliphatic carbocycles. The number of methoxy groups -OCH3 is 1. The molecule has 0 N–H and O–H groups in total. The van der Waals surface area contributed by atoms with Gasteiger partial charge in [-0.15, -0.1) is 0 Å². The molecule has 0 saturated carbocycles. The van der Waals surface area contributed by atoms with Crippen molar-refractivity contribution in [2.45, 2.75) is 26.2 Å². The monoisotopic (exact) mass is 309 g/mol. The van der Waals surface area contributed by atoms with Crippen molar-refractivity contribution in [2.75, 3.05) is 7.11 Å². The summed E-state index contributed by atoms with van der Waals surface area (Å²) in [7, 11) is 1.56. The van der Waals surface area contributed by atoms with Crippen LogP contribution in [0.3, 0.4) is 0 Å². The van der Waals surface area contributed by atoms with E-state index < -0.39 is 0 Å². The molecule has 0 spiro atoms. The van der Waals surface area contributed by atoms with Crippen LogP contribution in [0, 0.1) is 0 Å². The largest absolute Gasteiger partial charge is 0.872 e. The summed E-state index contributed by atoms with van der Waals surface area (Å²) in [4.78, 5) is 12.2. The molecule has 3 nitrogen and oxygen atoms in total. The van der Waals surface area contributed by atoms with Gasteiger partial charge in [0.1, 0.15) is 5.75 Å². The zero-order chi connectivity index (χ0) is 17.0. The third-order valence-corrected chi connectivity index (χ3v) is 3.67. The Hall–Kier alpha value is -2.55. The zero-order valence-corrected chi connectivity index (χ0v) is 13.9. The topological polar surface area (TPSA) is 49.4 Å². The fourth-order valence-electron chi connectivity index (χ4n) is 2.18. The Morgan fingerprint density at radius 3 is 1.96 bits per heavy atom. The first-order valence-corrected chi connectivity index (χ1v) is 7.49. The van der Waals surface area contributed by atoms with Crippen LogP contribution in [-0.4, -0.2) is 12.9 Å². The van der Waals surface area contributed by atoms with E-state index in [1.165, 1.54) is 0 Å². The SMILES string of the molecule is COc1ccc(/C([O-])=C/C(=O)c2ccc(C(C)(C)C)cc2)cc1. The van der Waals surface area contributed by atoms with Crippen LogP contribution in [0.1, 0.15) is 42.3 Å². The van der Waals surface area contributed by atoms with E-state index in [-0.39, 0.29) is 17.0 Å². The molecular weight excluding hydrogens is 288 g/mol. The quantitative estimate of drug-likeness (QED) is 0.493. The van der Waals surface area contributed by atoms with E-state index in [4.69, 9.17) is 4.74 Å². The number of carbonyl (C=O) groups is 1. The molecule has 0 unspecified atom stereocenters. The number of hydrogen-bond donors (Lipinski definition) is 0. The standard InChI is InChI=1S/C20H22O3/c1-20(2,3)16-9-5-14(6-10-16)18(21)13-19(22)15-7-11-17(23-4)12-8-15/h5-13,22H,1-4H3/p-1/b19-13-. The Morgan fingerprint density at radius 2 is 1.48 bits per heavy atom. The zero-order valence-electron chi connectivity index (χ0n) is 13.9. The van der Waals surface area contributed by atoms with Crippen LogP contribution in [0.5, 0.6) is 5.75 Å². The summed E-state index contributed by atoms with van der Waals surface area (Å²) in [6.07, 6.45) is 1.13. The summed E-state index contributed by atoms with van der Waals surface area (Å²) in [5.41, 5.74) is 2.16. The molecule has 0 amide bonds. The Labute approximate surface area is 137 Å². The Kier molecular flexibility index (Phi) is 4.89. The molecule has 0 saturated heterocycles. The number of allylic oxidation sites excluding steroid dienone is 1. The summed E-state index contributed by atoms with van der Waals surface area (Å²) in [6, 6.07) is 14.1. The van der Waals surface area contributed by atoms with Crippen molar-refractivity contribution < 1.29 is 14.6 Å².